The molecule has 4 N–H and O–H groups in total. The summed E-state index contributed by atoms with van der Waals surface area (Å²) in [6.45, 7) is -0.645. The Morgan fingerprint density at radius 1 is 1.19 bits per heavy atom. The van der Waals surface area contributed by atoms with Crippen LogP contribution < -0.4 is 0 Å². The van der Waals surface area contributed by atoms with E-state index in [1.165, 1.54) is 12.3 Å². The Hall–Kier alpha value is -1.52. The van der Waals surface area contributed by atoms with Gasteiger partial charge in [0.2, 0.25) is 6.29 Å². The third-order valence-corrected chi connectivity index (χ3v) is 4.57. The number of rotatable bonds is 3. The normalized spacial score (nSPS) is 28.9. The maximum atomic E-state index is 12.6. The fourth-order valence-electron chi connectivity index (χ4n) is 2.67. The van der Waals surface area contributed by atoms with Crippen LogP contribution in [0, 0.1) is 0 Å². The Morgan fingerprint density at radius 3 is 2.62 bits per heavy atom. The van der Waals surface area contributed by atoms with E-state index in [-0.39, 0.29) is 16.1 Å². The van der Waals surface area contributed by atoms with Crippen LogP contribution in [0.3, 0.4) is 0 Å². The van der Waals surface area contributed by atoms with E-state index in [1.807, 2.05) is 0 Å². The second-order valence-corrected chi connectivity index (χ2v) is 6.59. The standard InChI is InChI=1S/C16H15Cl2NO7/c17-7-3-6-1-2-8(18)10(11(6)19-4-7)15(24)26-16-14(23)13(22)12(21)9(5-20)25-16/h1-4,9,12-14,16,20-23H,5H2/t9-,12-,13+,14-,16+/m1/s1. The molecule has 1 fully saturated rings. The third-order valence-electron chi connectivity index (χ3n) is 4.04. The molecule has 0 bridgehead atoms. The maximum Gasteiger partial charge on any atom is 0.344 e. The van der Waals surface area contributed by atoms with Crippen LogP contribution in [0.4, 0.5) is 0 Å². The molecule has 2 heterocycles. The Morgan fingerprint density at radius 2 is 1.92 bits per heavy atom. The molecule has 1 aromatic heterocycles. The van der Waals surface area contributed by atoms with Crippen molar-refractivity contribution in [3.05, 3.63) is 40.0 Å². The third kappa shape index (κ3) is 3.49. The number of aliphatic hydroxyl groups excluding tert-OH is 4. The Balaban J connectivity index is 1.91. The minimum absolute atomic E-state index is 0.0573. The number of ether oxygens (including phenoxy) is 2. The molecule has 1 saturated heterocycles. The van der Waals surface area contributed by atoms with E-state index < -0.39 is 43.3 Å². The number of aliphatic hydroxyl groups is 4. The fourth-order valence-corrected chi connectivity index (χ4v) is 3.07. The van der Waals surface area contributed by atoms with E-state index in [0.29, 0.717) is 10.4 Å². The summed E-state index contributed by atoms with van der Waals surface area (Å²) in [5, 5.41) is 39.7. The first-order valence-electron chi connectivity index (χ1n) is 7.58. The molecule has 10 heteroatoms. The van der Waals surface area contributed by atoms with Crippen molar-refractivity contribution in [3.8, 4) is 0 Å². The van der Waals surface area contributed by atoms with Gasteiger partial charge >= 0.3 is 5.97 Å². The van der Waals surface area contributed by atoms with Gasteiger partial charge in [-0.25, -0.2) is 4.79 Å². The number of pyridine rings is 1. The second kappa shape index (κ2) is 7.61. The average molecular weight is 404 g/mol. The number of hydrogen-bond donors (Lipinski definition) is 4. The van der Waals surface area contributed by atoms with Crippen molar-refractivity contribution in [3.63, 3.8) is 0 Å². The van der Waals surface area contributed by atoms with E-state index in [4.69, 9.17) is 32.7 Å². The van der Waals surface area contributed by atoms with Crippen LogP contribution >= 0.6 is 23.2 Å². The SMILES string of the molecule is O=C(O[C@@H]1O[C@H](CO)[C@@H](O)[C@H](O)[C@H]1O)c1c(Cl)ccc2cc(Cl)cnc12. The molecule has 5 atom stereocenters. The number of hydrogen-bond acceptors (Lipinski definition) is 8. The number of esters is 1. The van der Waals surface area contributed by atoms with Gasteiger partial charge in [0.25, 0.3) is 0 Å². The highest BCUT2D eigenvalue weighted by molar-refractivity contribution is 6.35. The zero-order valence-corrected chi connectivity index (χ0v) is 14.6. The molecule has 0 unspecified atom stereocenters. The van der Waals surface area contributed by atoms with Crippen LogP contribution in [0.1, 0.15) is 10.4 Å². The van der Waals surface area contributed by atoms with Gasteiger partial charge in [-0.1, -0.05) is 29.3 Å². The maximum absolute atomic E-state index is 12.6. The Kier molecular flexibility index (Phi) is 5.64. The van der Waals surface area contributed by atoms with Crippen LogP contribution in [-0.4, -0.2) is 68.7 Å². The zero-order valence-electron chi connectivity index (χ0n) is 13.1. The summed E-state index contributed by atoms with van der Waals surface area (Å²) >= 11 is 12.0. The summed E-state index contributed by atoms with van der Waals surface area (Å²) in [6, 6.07) is 4.68. The highest BCUT2D eigenvalue weighted by atomic mass is 35.5. The van der Waals surface area contributed by atoms with E-state index in [0.717, 1.165) is 0 Å². The molecule has 0 saturated carbocycles. The molecule has 0 radical (unpaired) electrons. The van der Waals surface area contributed by atoms with Crippen molar-refractivity contribution in [2.45, 2.75) is 30.7 Å². The number of halogens is 2. The van der Waals surface area contributed by atoms with Gasteiger partial charge in [0.15, 0.2) is 0 Å². The lowest BCUT2D eigenvalue weighted by Gasteiger charge is -2.39. The van der Waals surface area contributed by atoms with Crippen LogP contribution in [0.5, 0.6) is 0 Å². The number of benzene rings is 1. The molecular weight excluding hydrogens is 389 g/mol. The summed E-state index contributed by atoms with van der Waals surface area (Å²) in [5.74, 6) is -0.959. The summed E-state index contributed by atoms with van der Waals surface area (Å²) in [4.78, 5) is 16.7. The Bertz CT molecular complexity index is 832. The number of carbonyl (C=O) groups excluding carboxylic acids is 1. The van der Waals surface area contributed by atoms with Gasteiger partial charge in [-0.05, 0) is 12.1 Å². The molecule has 1 aliphatic heterocycles. The van der Waals surface area contributed by atoms with Gasteiger partial charge < -0.3 is 29.9 Å². The second-order valence-electron chi connectivity index (χ2n) is 5.75. The zero-order chi connectivity index (χ0) is 19.0. The number of aromatic nitrogens is 1. The van der Waals surface area contributed by atoms with Gasteiger partial charge in [-0.15, -0.1) is 0 Å². The minimum Gasteiger partial charge on any atom is -0.429 e. The highest BCUT2D eigenvalue weighted by Crippen LogP contribution is 2.29. The lowest BCUT2D eigenvalue weighted by atomic mass is 9.99. The van der Waals surface area contributed by atoms with Gasteiger partial charge in [0, 0.05) is 11.6 Å². The first kappa shape index (κ1) is 19.2. The highest BCUT2D eigenvalue weighted by Gasteiger charge is 2.45. The molecule has 2 aromatic rings. The number of fused-ring (bicyclic) bond motifs is 1. The molecule has 3 rings (SSSR count). The predicted molar refractivity (Wildman–Crippen MR) is 90.9 cm³/mol. The van der Waals surface area contributed by atoms with Gasteiger partial charge in [-0.3, -0.25) is 4.98 Å². The molecule has 1 aliphatic rings. The molecule has 26 heavy (non-hydrogen) atoms. The minimum atomic E-state index is -1.71. The summed E-state index contributed by atoms with van der Waals surface area (Å²) in [6.07, 6.45) is -6.42. The van der Waals surface area contributed by atoms with Crippen molar-refractivity contribution < 1.29 is 34.7 Å². The summed E-state index contributed by atoms with van der Waals surface area (Å²) in [7, 11) is 0. The lowest BCUT2D eigenvalue weighted by molar-refractivity contribution is -0.285. The van der Waals surface area contributed by atoms with Crippen molar-refractivity contribution >= 4 is 40.1 Å². The molecule has 140 valence electrons. The van der Waals surface area contributed by atoms with E-state index in [1.54, 1.807) is 12.1 Å². The fraction of sp³-hybridized carbons (Fsp3) is 0.375. The quantitative estimate of drug-likeness (QED) is 0.545. The van der Waals surface area contributed by atoms with E-state index in [9.17, 15) is 25.2 Å². The van der Waals surface area contributed by atoms with Crippen molar-refractivity contribution in [1.82, 2.24) is 4.98 Å². The first-order valence-corrected chi connectivity index (χ1v) is 8.34. The lowest BCUT2D eigenvalue weighted by Crippen LogP contribution is -2.59. The molecule has 0 aliphatic carbocycles. The molecule has 0 amide bonds. The van der Waals surface area contributed by atoms with Crippen LogP contribution in [0.25, 0.3) is 10.9 Å². The van der Waals surface area contributed by atoms with Crippen molar-refractivity contribution in [1.29, 1.82) is 0 Å². The monoisotopic (exact) mass is 403 g/mol. The van der Waals surface area contributed by atoms with Crippen LogP contribution in [0.15, 0.2) is 24.4 Å². The summed E-state index contributed by atoms with van der Waals surface area (Å²) < 4.78 is 10.3. The molecule has 8 nitrogen and oxygen atoms in total. The van der Waals surface area contributed by atoms with E-state index >= 15 is 0 Å². The average Bonchev–Trinajstić information content (AvgIpc) is 2.62. The van der Waals surface area contributed by atoms with Gasteiger partial charge in [-0.2, -0.15) is 0 Å². The molecular formula is C16H15Cl2NO7. The van der Waals surface area contributed by atoms with Crippen LogP contribution in [0.2, 0.25) is 10.0 Å². The predicted octanol–water partition coefficient (Wildman–Crippen LogP) is 0.498. The first-order chi connectivity index (χ1) is 12.3. The topological polar surface area (TPSA) is 129 Å². The Labute approximate surface area is 157 Å². The smallest absolute Gasteiger partial charge is 0.344 e. The molecule has 1 aromatic carbocycles. The largest absolute Gasteiger partial charge is 0.429 e. The molecule has 0 spiro atoms. The van der Waals surface area contributed by atoms with Gasteiger partial charge in [0.1, 0.15) is 30.0 Å². The number of nitrogens with zero attached hydrogens (tertiary/aromatic N) is 1. The van der Waals surface area contributed by atoms with Crippen LogP contribution in [-0.2, 0) is 9.47 Å². The van der Waals surface area contributed by atoms with Crippen molar-refractivity contribution in [2.24, 2.45) is 0 Å². The number of carbonyl (C=O) groups is 1. The van der Waals surface area contributed by atoms with E-state index in [2.05, 4.69) is 4.98 Å². The summed E-state index contributed by atoms with van der Waals surface area (Å²) in [5.41, 5.74) is 0.161. The van der Waals surface area contributed by atoms with Gasteiger partial charge in [0.05, 0.1) is 22.2 Å². The van der Waals surface area contributed by atoms with Crippen molar-refractivity contribution in [2.75, 3.05) is 6.61 Å².